The molecule has 138 valence electrons. The first-order chi connectivity index (χ1) is 11.4. The fourth-order valence-corrected chi connectivity index (χ4v) is 3.39. The number of nitrogens with zero attached hydrogens (tertiary/aromatic N) is 4. The highest BCUT2D eigenvalue weighted by molar-refractivity contribution is 5.69. The zero-order valence-corrected chi connectivity index (χ0v) is 14.0. The fourth-order valence-electron chi connectivity index (χ4n) is 3.39. The van der Waals surface area contributed by atoms with E-state index in [1.54, 1.807) is 7.05 Å². The zero-order chi connectivity index (χ0) is 18.7. The Morgan fingerprint density at radius 1 is 1.28 bits per heavy atom. The van der Waals surface area contributed by atoms with Crippen LogP contribution >= 0.6 is 0 Å². The van der Waals surface area contributed by atoms with E-state index < -0.39 is 28.9 Å². The van der Waals surface area contributed by atoms with Gasteiger partial charge in [0.2, 0.25) is 0 Å². The van der Waals surface area contributed by atoms with Gasteiger partial charge in [-0.25, -0.2) is 9.78 Å². The predicted octanol–water partition coefficient (Wildman–Crippen LogP) is 0.773. The molecule has 7 nitrogen and oxygen atoms in total. The molecule has 1 atom stereocenters. The molecule has 0 aliphatic heterocycles. The van der Waals surface area contributed by atoms with Crippen LogP contribution in [0.15, 0.2) is 15.9 Å². The number of halogens is 3. The molecule has 0 saturated heterocycles. The van der Waals surface area contributed by atoms with Crippen LogP contribution in [-0.4, -0.2) is 35.6 Å². The lowest BCUT2D eigenvalue weighted by Crippen LogP contribution is -2.54. The Balaban J connectivity index is 1.86. The lowest BCUT2D eigenvalue weighted by Gasteiger charge is -2.44. The summed E-state index contributed by atoms with van der Waals surface area (Å²) in [5.74, 6) is -1.20. The molecule has 1 aliphatic rings. The van der Waals surface area contributed by atoms with Gasteiger partial charge in [0, 0.05) is 20.6 Å². The molecule has 1 N–H and O–H groups in total. The Labute approximate surface area is 140 Å². The zero-order valence-electron chi connectivity index (χ0n) is 14.0. The van der Waals surface area contributed by atoms with E-state index in [1.807, 2.05) is 0 Å². The van der Waals surface area contributed by atoms with E-state index in [9.17, 15) is 27.9 Å². The summed E-state index contributed by atoms with van der Waals surface area (Å²) in [6, 6.07) is 0. The van der Waals surface area contributed by atoms with Crippen LogP contribution in [0.3, 0.4) is 0 Å². The molecule has 0 bridgehead atoms. The molecule has 2 heterocycles. The second-order valence-electron chi connectivity index (χ2n) is 6.96. The van der Waals surface area contributed by atoms with Crippen molar-refractivity contribution in [1.29, 1.82) is 0 Å². The second-order valence-corrected chi connectivity index (χ2v) is 6.96. The Hall–Kier alpha value is -2.10. The highest BCUT2D eigenvalue weighted by Gasteiger charge is 2.57. The number of hydrogen-bond donors (Lipinski definition) is 1. The molecule has 0 radical (unpaired) electrons. The topological polar surface area (TPSA) is 82.1 Å². The van der Waals surface area contributed by atoms with E-state index >= 15 is 0 Å². The Bertz CT molecular complexity index is 932. The summed E-state index contributed by atoms with van der Waals surface area (Å²) >= 11 is 0. The third-order valence-corrected chi connectivity index (χ3v) is 5.25. The van der Waals surface area contributed by atoms with Crippen LogP contribution in [0, 0.1) is 11.8 Å². The van der Waals surface area contributed by atoms with Crippen LogP contribution in [-0.2, 0) is 20.6 Å². The van der Waals surface area contributed by atoms with Gasteiger partial charge in [-0.3, -0.25) is 13.9 Å². The van der Waals surface area contributed by atoms with Crippen molar-refractivity contribution in [2.24, 2.45) is 25.9 Å². The maximum atomic E-state index is 12.9. The van der Waals surface area contributed by atoms with Crippen LogP contribution in [0.1, 0.15) is 19.8 Å². The van der Waals surface area contributed by atoms with Crippen molar-refractivity contribution in [3.8, 4) is 0 Å². The number of imidazole rings is 1. The SMILES string of the molecule is Cn1cnc2c1c(=O)n(CC1CC([C@@](C)(O)C(F)(F)F)C1)c(=O)n2C. The first-order valence-electron chi connectivity index (χ1n) is 7.85. The molecule has 3 rings (SSSR count). The van der Waals surface area contributed by atoms with Crippen LogP contribution < -0.4 is 11.2 Å². The summed E-state index contributed by atoms with van der Waals surface area (Å²) < 4.78 is 42.4. The van der Waals surface area contributed by atoms with Crippen molar-refractivity contribution in [2.45, 2.75) is 38.1 Å². The Kier molecular flexibility index (Phi) is 3.86. The molecule has 0 amide bonds. The van der Waals surface area contributed by atoms with Gasteiger partial charge in [0.25, 0.3) is 5.56 Å². The van der Waals surface area contributed by atoms with Gasteiger partial charge in [-0.05, 0) is 31.6 Å². The van der Waals surface area contributed by atoms with Crippen LogP contribution in [0.4, 0.5) is 13.2 Å². The van der Waals surface area contributed by atoms with E-state index in [-0.39, 0.29) is 36.5 Å². The molecule has 2 aromatic heterocycles. The third kappa shape index (κ3) is 2.59. The summed E-state index contributed by atoms with van der Waals surface area (Å²) in [4.78, 5) is 28.9. The molecule has 1 aliphatic carbocycles. The van der Waals surface area contributed by atoms with Crippen molar-refractivity contribution in [1.82, 2.24) is 18.7 Å². The number of alkyl halides is 3. The van der Waals surface area contributed by atoms with Crippen molar-refractivity contribution in [3.05, 3.63) is 27.2 Å². The average Bonchev–Trinajstić information content (AvgIpc) is 2.83. The number of fused-ring (bicyclic) bond motifs is 1. The van der Waals surface area contributed by atoms with Gasteiger partial charge in [0.15, 0.2) is 16.8 Å². The summed E-state index contributed by atoms with van der Waals surface area (Å²) in [5.41, 5.74) is -3.29. The van der Waals surface area contributed by atoms with Gasteiger partial charge in [-0.2, -0.15) is 13.2 Å². The van der Waals surface area contributed by atoms with Gasteiger partial charge < -0.3 is 9.67 Å². The standard InChI is InChI=1S/C15H19F3N4O3/c1-14(25,15(16,17)18)9-4-8(5-9)6-22-12(23)10-11(19-7-20(10)2)21(3)13(22)24/h7-9,25H,4-6H2,1-3H3/t8?,9?,14-/m1/s1. The average molecular weight is 360 g/mol. The summed E-state index contributed by atoms with van der Waals surface area (Å²) in [5, 5.41) is 9.69. The molecule has 10 heteroatoms. The lowest BCUT2D eigenvalue weighted by atomic mass is 9.66. The van der Waals surface area contributed by atoms with Gasteiger partial charge in [0.1, 0.15) is 0 Å². The van der Waals surface area contributed by atoms with E-state index in [0.29, 0.717) is 0 Å². The predicted molar refractivity (Wildman–Crippen MR) is 83.1 cm³/mol. The van der Waals surface area contributed by atoms with E-state index in [0.717, 1.165) is 11.5 Å². The molecular formula is C15H19F3N4O3. The number of aromatic nitrogens is 4. The molecule has 1 fully saturated rings. The molecule has 0 spiro atoms. The first kappa shape index (κ1) is 17.7. The molecule has 0 aromatic carbocycles. The van der Waals surface area contributed by atoms with E-state index in [1.165, 1.54) is 22.5 Å². The van der Waals surface area contributed by atoms with Crippen LogP contribution in [0.5, 0.6) is 0 Å². The minimum Gasteiger partial charge on any atom is -0.380 e. The Morgan fingerprint density at radius 2 is 1.88 bits per heavy atom. The highest BCUT2D eigenvalue weighted by atomic mass is 19.4. The van der Waals surface area contributed by atoms with Crippen LogP contribution in [0.25, 0.3) is 11.2 Å². The third-order valence-electron chi connectivity index (χ3n) is 5.25. The number of rotatable bonds is 3. The molecule has 0 unspecified atom stereocenters. The smallest absolute Gasteiger partial charge is 0.380 e. The fraction of sp³-hybridized carbons (Fsp3) is 0.667. The van der Waals surface area contributed by atoms with Crippen molar-refractivity contribution >= 4 is 11.2 Å². The van der Waals surface area contributed by atoms with Crippen molar-refractivity contribution < 1.29 is 18.3 Å². The maximum absolute atomic E-state index is 12.9. The molecule has 1 saturated carbocycles. The quantitative estimate of drug-likeness (QED) is 0.877. The summed E-state index contributed by atoms with van der Waals surface area (Å²) in [7, 11) is 3.12. The second kappa shape index (κ2) is 5.45. The largest absolute Gasteiger partial charge is 0.417 e. The van der Waals surface area contributed by atoms with Gasteiger partial charge in [-0.15, -0.1) is 0 Å². The van der Waals surface area contributed by atoms with Crippen molar-refractivity contribution in [2.75, 3.05) is 0 Å². The Morgan fingerprint density at radius 3 is 2.44 bits per heavy atom. The van der Waals surface area contributed by atoms with Crippen LogP contribution in [0.2, 0.25) is 0 Å². The normalized spacial score (nSPS) is 23.5. The van der Waals surface area contributed by atoms with Gasteiger partial charge in [0.05, 0.1) is 6.33 Å². The molecular weight excluding hydrogens is 341 g/mol. The maximum Gasteiger partial charge on any atom is 0.417 e. The minimum absolute atomic E-state index is 0.0249. The minimum atomic E-state index is -4.71. The van der Waals surface area contributed by atoms with Gasteiger partial charge in [-0.1, -0.05) is 0 Å². The van der Waals surface area contributed by atoms with E-state index in [2.05, 4.69) is 4.98 Å². The highest BCUT2D eigenvalue weighted by Crippen LogP contribution is 2.48. The first-order valence-corrected chi connectivity index (χ1v) is 7.85. The van der Waals surface area contributed by atoms with Crippen molar-refractivity contribution in [3.63, 3.8) is 0 Å². The number of aryl methyl sites for hydroxylation is 2. The number of aliphatic hydroxyl groups is 1. The van der Waals surface area contributed by atoms with E-state index in [4.69, 9.17) is 0 Å². The number of hydrogen-bond acceptors (Lipinski definition) is 4. The molecule has 2 aromatic rings. The van der Waals surface area contributed by atoms with Gasteiger partial charge >= 0.3 is 11.9 Å². The lowest BCUT2D eigenvalue weighted by molar-refractivity contribution is -0.284. The monoisotopic (exact) mass is 360 g/mol. The summed E-state index contributed by atoms with van der Waals surface area (Å²) in [6.07, 6.45) is -3.07. The summed E-state index contributed by atoms with van der Waals surface area (Å²) in [6.45, 7) is 0.790. The molecule has 25 heavy (non-hydrogen) atoms.